The van der Waals surface area contributed by atoms with Crippen LogP contribution in [0, 0.1) is 17.8 Å². The standard InChI is InChI=1S/C13H21NO4/c1-13(7-18-2,6-11(15)16)14-12(17)10-5-9(10)8-3-4-8/h8-10H,3-7H2,1-2H3,(H,14,17)(H,15,16). The Bertz CT molecular complexity index is 353. The monoisotopic (exact) mass is 255 g/mol. The van der Waals surface area contributed by atoms with E-state index in [-0.39, 0.29) is 24.9 Å². The van der Waals surface area contributed by atoms with Gasteiger partial charge in [-0.05, 0) is 38.0 Å². The Hall–Kier alpha value is -1.10. The van der Waals surface area contributed by atoms with E-state index >= 15 is 0 Å². The first kappa shape index (κ1) is 13.3. The Balaban J connectivity index is 1.87. The molecule has 3 unspecified atom stereocenters. The number of ether oxygens (including phenoxy) is 1. The first-order valence-corrected chi connectivity index (χ1v) is 6.48. The number of carbonyl (C=O) groups excluding carboxylic acids is 1. The average molecular weight is 255 g/mol. The zero-order chi connectivity index (χ0) is 13.3. The summed E-state index contributed by atoms with van der Waals surface area (Å²) in [7, 11) is 1.51. The molecule has 0 spiro atoms. The quantitative estimate of drug-likeness (QED) is 0.712. The summed E-state index contributed by atoms with van der Waals surface area (Å²) >= 11 is 0. The van der Waals surface area contributed by atoms with E-state index in [9.17, 15) is 9.59 Å². The normalized spacial score (nSPS) is 29.4. The number of nitrogens with one attached hydrogen (secondary N) is 1. The molecule has 0 heterocycles. The van der Waals surface area contributed by atoms with Crippen molar-refractivity contribution in [3.05, 3.63) is 0 Å². The fourth-order valence-corrected chi connectivity index (χ4v) is 2.74. The fourth-order valence-electron chi connectivity index (χ4n) is 2.74. The van der Waals surface area contributed by atoms with Crippen LogP contribution in [0.2, 0.25) is 0 Å². The molecule has 1 amide bonds. The highest BCUT2D eigenvalue weighted by molar-refractivity contribution is 5.83. The lowest BCUT2D eigenvalue weighted by atomic mass is 9.98. The third-order valence-electron chi connectivity index (χ3n) is 3.83. The van der Waals surface area contributed by atoms with Gasteiger partial charge in [0.2, 0.25) is 5.91 Å². The molecule has 2 rings (SSSR count). The van der Waals surface area contributed by atoms with Crippen LogP contribution in [0.3, 0.4) is 0 Å². The molecule has 0 aromatic carbocycles. The van der Waals surface area contributed by atoms with Crippen molar-refractivity contribution in [1.29, 1.82) is 0 Å². The molecule has 102 valence electrons. The van der Waals surface area contributed by atoms with Gasteiger partial charge in [0.1, 0.15) is 0 Å². The van der Waals surface area contributed by atoms with Crippen LogP contribution in [0.15, 0.2) is 0 Å². The minimum absolute atomic E-state index is 0.00676. The number of hydrogen-bond acceptors (Lipinski definition) is 3. The van der Waals surface area contributed by atoms with E-state index in [2.05, 4.69) is 5.32 Å². The smallest absolute Gasteiger partial charge is 0.305 e. The van der Waals surface area contributed by atoms with Crippen LogP contribution in [0.1, 0.15) is 32.6 Å². The molecule has 0 aliphatic heterocycles. The average Bonchev–Trinajstić information content (AvgIpc) is 3.10. The van der Waals surface area contributed by atoms with Crippen molar-refractivity contribution in [3.8, 4) is 0 Å². The van der Waals surface area contributed by atoms with Crippen LogP contribution in [0.4, 0.5) is 0 Å². The predicted octanol–water partition coefficient (Wildman–Crippen LogP) is 1.03. The van der Waals surface area contributed by atoms with Crippen molar-refractivity contribution >= 4 is 11.9 Å². The largest absolute Gasteiger partial charge is 0.481 e. The van der Waals surface area contributed by atoms with E-state index in [1.807, 2.05) is 0 Å². The van der Waals surface area contributed by atoms with Gasteiger partial charge in [0.05, 0.1) is 18.6 Å². The van der Waals surface area contributed by atoms with Crippen molar-refractivity contribution < 1.29 is 19.4 Å². The molecule has 2 fully saturated rings. The molecule has 2 N–H and O–H groups in total. The molecule has 5 heteroatoms. The van der Waals surface area contributed by atoms with Gasteiger partial charge in [-0.3, -0.25) is 9.59 Å². The molecule has 3 atom stereocenters. The Morgan fingerprint density at radius 1 is 1.44 bits per heavy atom. The summed E-state index contributed by atoms with van der Waals surface area (Å²) in [6.45, 7) is 1.93. The number of carboxylic acid groups (broad SMARTS) is 1. The summed E-state index contributed by atoms with van der Waals surface area (Å²) in [6, 6.07) is 0. The topological polar surface area (TPSA) is 75.6 Å². The maximum Gasteiger partial charge on any atom is 0.305 e. The molecule has 5 nitrogen and oxygen atoms in total. The lowest BCUT2D eigenvalue weighted by molar-refractivity contribution is -0.139. The highest BCUT2D eigenvalue weighted by Gasteiger charge is 2.52. The van der Waals surface area contributed by atoms with E-state index < -0.39 is 11.5 Å². The fraction of sp³-hybridized carbons (Fsp3) is 0.846. The van der Waals surface area contributed by atoms with Crippen LogP contribution < -0.4 is 5.32 Å². The van der Waals surface area contributed by atoms with Gasteiger partial charge >= 0.3 is 5.97 Å². The predicted molar refractivity (Wildman–Crippen MR) is 65.0 cm³/mol. The molecule has 2 aliphatic rings. The van der Waals surface area contributed by atoms with Crippen molar-refractivity contribution in [3.63, 3.8) is 0 Å². The molecule has 0 aromatic rings. The SMILES string of the molecule is COCC(C)(CC(=O)O)NC(=O)C1CC1C1CC1. The van der Waals surface area contributed by atoms with Crippen LogP contribution in [-0.2, 0) is 14.3 Å². The summed E-state index contributed by atoms with van der Waals surface area (Å²) in [5.41, 5.74) is -0.811. The second-order valence-corrected chi connectivity index (χ2v) is 5.90. The first-order chi connectivity index (χ1) is 8.45. The summed E-state index contributed by atoms with van der Waals surface area (Å²) < 4.78 is 5.02. The first-order valence-electron chi connectivity index (χ1n) is 6.48. The Labute approximate surface area is 107 Å². The second-order valence-electron chi connectivity index (χ2n) is 5.90. The Morgan fingerprint density at radius 2 is 2.11 bits per heavy atom. The lowest BCUT2D eigenvalue weighted by Crippen LogP contribution is -2.51. The van der Waals surface area contributed by atoms with Gasteiger partial charge in [-0.1, -0.05) is 0 Å². The van der Waals surface area contributed by atoms with Gasteiger partial charge < -0.3 is 15.2 Å². The molecule has 0 bridgehead atoms. The lowest BCUT2D eigenvalue weighted by Gasteiger charge is -2.28. The third-order valence-corrected chi connectivity index (χ3v) is 3.83. The van der Waals surface area contributed by atoms with E-state index in [0.717, 1.165) is 12.3 Å². The van der Waals surface area contributed by atoms with Gasteiger partial charge in [-0.15, -0.1) is 0 Å². The van der Waals surface area contributed by atoms with Crippen LogP contribution in [0.25, 0.3) is 0 Å². The summed E-state index contributed by atoms with van der Waals surface area (Å²) in [5, 5.41) is 11.7. The third kappa shape index (κ3) is 3.22. The number of methoxy groups -OCH3 is 1. The van der Waals surface area contributed by atoms with Gasteiger partial charge in [0.25, 0.3) is 0 Å². The van der Waals surface area contributed by atoms with Gasteiger partial charge in [-0.2, -0.15) is 0 Å². The zero-order valence-corrected chi connectivity index (χ0v) is 10.9. The number of hydrogen-bond donors (Lipinski definition) is 2. The van der Waals surface area contributed by atoms with E-state index in [1.165, 1.54) is 20.0 Å². The highest BCUT2D eigenvalue weighted by Crippen LogP contribution is 2.54. The van der Waals surface area contributed by atoms with Crippen molar-refractivity contribution in [2.45, 2.75) is 38.1 Å². The molecule has 0 radical (unpaired) electrons. The van der Waals surface area contributed by atoms with Crippen LogP contribution >= 0.6 is 0 Å². The second kappa shape index (κ2) is 4.88. The number of aliphatic carboxylic acids is 1. The van der Waals surface area contributed by atoms with Crippen molar-refractivity contribution in [2.24, 2.45) is 17.8 Å². The van der Waals surface area contributed by atoms with Crippen LogP contribution in [0.5, 0.6) is 0 Å². The molecule has 2 saturated carbocycles. The maximum atomic E-state index is 12.1. The highest BCUT2D eigenvalue weighted by atomic mass is 16.5. The minimum atomic E-state index is -0.926. The van der Waals surface area contributed by atoms with Gasteiger partial charge in [0.15, 0.2) is 0 Å². The minimum Gasteiger partial charge on any atom is -0.481 e. The molecule has 2 aliphatic carbocycles. The molecular formula is C13H21NO4. The number of carbonyl (C=O) groups is 2. The van der Waals surface area contributed by atoms with E-state index in [1.54, 1.807) is 6.92 Å². The van der Waals surface area contributed by atoms with Crippen molar-refractivity contribution in [2.75, 3.05) is 13.7 Å². The maximum absolute atomic E-state index is 12.1. The molecular weight excluding hydrogens is 234 g/mol. The van der Waals surface area contributed by atoms with Crippen LogP contribution in [-0.4, -0.2) is 36.2 Å². The van der Waals surface area contributed by atoms with Gasteiger partial charge in [-0.25, -0.2) is 0 Å². The molecule has 0 aromatic heterocycles. The van der Waals surface area contributed by atoms with E-state index in [0.29, 0.717) is 5.92 Å². The number of rotatable bonds is 7. The zero-order valence-electron chi connectivity index (χ0n) is 10.9. The van der Waals surface area contributed by atoms with E-state index in [4.69, 9.17) is 9.84 Å². The van der Waals surface area contributed by atoms with Crippen molar-refractivity contribution in [1.82, 2.24) is 5.32 Å². The summed E-state index contributed by atoms with van der Waals surface area (Å²) in [5.74, 6) is 0.454. The molecule has 0 saturated heterocycles. The van der Waals surface area contributed by atoms with Gasteiger partial charge in [0, 0.05) is 13.0 Å². The molecule has 18 heavy (non-hydrogen) atoms. The summed E-state index contributed by atoms with van der Waals surface area (Å²) in [6.07, 6.45) is 3.35. The Kier molecular flexibility index (Phi) is 3.61. The number of amides is 1. The summed E-state index contributed by atoms with van der Waals surface area (Å²) in [4.78, 5) is 22.9. The number of carboxylic acids is 1. The Morgan fingerprint density at radius 3 is 2.61 bits per heavy atom.